The Hall–Kier alpha value is -7.38. The second-order valence-corrected chi connectivity index (χ2v) is 14.4. The monoisotopic (exact) mass is 722 g/mol. The number of rotatable bonds is 6. The summed E-state index contributed by atoms with van der Waals surface area (Å²) in [5, 5.41) is 2.28. The Morgan fingerprint density at radius 3 is 1.46 bits per heavy atom. The van der Waals surface area contributed by atoms with E-state index in [1.807, 2.05) is 115 Å². The molecule has 7 aromatic carbocycles. The van der Waals surface area contributed by atoms with Gasteiger partial charge in [0, 0.05) is 44.4 Å². The fraction of sp³-hybridized carbons (Fsp3) is 0.0612. The van der Waals surface area contributed by atoms with Gasteiger partial charge in [0.2, 0.25) is 0 Å². The summed E-state index contributed by atoms with van der Waals surface area (Å²) in [7, 11) is 0. The minimum atomic E-state index is -0.290. The standard InChI is InChI=1S/C49H34N6O/c1-49(2)39-24-11-12-26-41(39)56-42-38(23-14-25-40(42)49)48-54-44(33-18-7-4-8-19-33)52-46(55-48)36-22-13-21-35(30-36)45-50-43(32-16-5-3-6-17-32)51-47(53-45)37-28-27-31-15-9-10-20-34(31)29-37/h3-30H,1-2H3. The molecule has 3 heterocycles. The van der Waals surface area contributed by atoms with E-state index in [9.17, 15) is 0 Å². The van der Waals surface area contributed by atoms with Crippen LogP contribution in [0.5, 0.6) is 11.5 Å². The molecule has 0 fully saturated rings. The Bertz CT molecular complexity index is 2930. The van der Waals surface area contributed by atoms with E-state index in [1.165, 1.54) is 0 Å². The van der Waals surface area contributed by atoms with Crippen LogP contribution in [-0.4, -0.2) is 29.9 Å². The summed E-state index contributed by atoms with van der Waals surface area (Å²) in [6.45, 7) is 4.46. The first-order valence-corrected chi connectivity index (χ1v) is 18.6. The fourth-order valence-electron chi connectivity index (χ4n) is 7.46. The zero-order valence-corrected chi connectivity index (χ0v) is 30.8. The summed E-state index contributed by atoms with van der Waals surface area (Å²) in [6, 6.07) is 57.1. The number of fused-ring (bicyclic) bond motifs is 3. The lowest BCUT2D eigenvalue weighted by Crippen LogP contribution is -2.24. The van der Waals surface area contributed by atoms with E-state index in [1.54, 1.807) is 0 Å². The van der Waals surface area contributed by atoms with Crippen molar-refractivity contribution in [3.63, 3.8) is 0 Å². The summed E-state index contributed by atoms with van der Waals surface area (Å²) < 4.78 is 6.66. The summed E-state index contributed by atoms with van der Waals surface area (Å²) in [5.41, 5.74) is 7.03. The molecule has 0 bridgehead atoms. The van der Waals surface area contributed by atoms with Gasteiger partial charge in [0.1, 0.15) is 11.5 Å². The Morgan fingerprint density at radius 1 is 0.357 bits per heavy atom. The van der Waals surface area contributed by atoms with Crippen molar-refractivity contribution in [1.29, 1.82) is 0 Å². The minimum absolute atomic E-state index is 0.290. The molecular weight excluding hydrogens is 689 g/mol. The molecule has 7 nitrogen and oxygen atoms in total. The largest absolute Gasteiger partial charge is 0.456 e. The molecule has 2 aromatic heterocycles. The molecular formula is C49H34N6O. The summed E-state index contributed by atoms with van der Waals surface area (Å²) >= 11 is 0. The topological polar surface area (TPSA) is 86.6 Å². The number of nitrogens with zero attached hydrogens (tertiary/aromatic N) is 6. The lowest BCUT2D eigenvalue weighted by Gasteiger charge is -2.35. The highest BCUT2D eigenvalue weighted by atomic mass is 16.5. The first kappa shape index (κ1) is 33.2. The van der Waals surface area contributed by atoms with Gasteiger partial charge < -0.3 is 4.74 Å². The van der Waals surface area contributed by atoms with Crippen molar-refractivity contribution < 1.29 is 4.74 Å². The van der Waals surface area contributed by atoms with Gasteiger partial charge in [0.05, 0.1) is 5.56 Å². The second kappa shape index (κ2) is 13.5. The molecule has 56 heavy (non-hydrogen) atoms. The van der Waals surface area contributed by atoms with Crippen molar-refractivity contribution >= 4 is 10.8 Å². The zero-order chi connectivity index (χ0) is 37.6. The van der Waals surface area contributed by atoms with E-state index in [2.05, 4.69) is 68.4 Å². The average molecular weight is 723 g/mol. The molecule has 9 aromatic rings. The lowest BCUT2D eigenvalue weighted by atomic mass is 9.75. The van der Waals surface area contributed by atoms with Crippen LogP contribution in [0.1, 0.15) is 25.0 Å². The van der Waals surface area contributed by atoms with Gasteiger partial charge in [-0.2, -0.15) is 0 Å². The number of hydrogen-bond donors (Lipinski definition) is 0. The zero-order valence-electron chi connectivity index (χ0n) is 30.8. The average Bonchev–Trinajstić information content (AvgIpc) is 3.26. The number of benzene rings is 7. The third-order valence-corrected chi connectivity index (χ3v) is 10.4. The Morgan fingerprint density at radius 2 is 0.821 bits per heavy atom. The van der Waals surface area contributed by atoms with E-state index in [4.69, 9.17) is 34.6 Å². The smallest absolute Gasteiger partial charge is 0.167 e. The molecule has 266 valence electrons. The Labute approximate surface area is 324 Å². The molecule has 1 aliphatic rings. The molecule has 0 N–H and O–H groups in total. The molecule has 7 heteroatoms. The van der Waals surface area contributed by atoms with Gasteiger partial charge >= 0.3 is 0 Å². The third-order valence-electron chi connectivity index (χ3n) is 10.4. The van der Waals surface area contributed by atoms with Crippen LogP contribution in [0, 0.1) is 0 Å². The summed E-state index contributed by atoms with van der Waals surface area (Å²) in [6.07, 6.45) is 0. The van der Waals surface area contributed by atoms with Crippen LogP contribution in [-0.2, 0) is 5.41 Å². The predicted molar refractivity (Wildman–Crippen MR) is 222 cm³/mol. The van der Waals surface area contributed by atoms with Gasteiger partial charge in [0.25, 0.3) is 0 Å². The quantitative estimate of drug-likeness (QED) is 0.169. The third kappa shape index (κ3) is 5.96. The summed E-state index contributed by atoms with van der Waals surface area (Å²) in [4.78, 5) is 30.3. The summed E-state index contributed by atoms with van der Waals surface area (Å²) in [5.74, 6) is 4.93. The van der Waals surface area contributed by atoms with Crippen molar-refractivity contribution in [3.05, 3.63) is 181 Å². The molecule has 0 spiro atoms. The minimum Gasteiger partial charge on any atom is -0.456 e. The van der Waals surface area contributed by atoms with Gasteiger partial charge in [-0.1, -0.05) is 159 Å². The molecule has 0 radical (unpaired) electrons. The second-order valence-electron chi connectivity index (χ2n) is 14.4. The molecule has 0 unspecified atom stereocenters. The van der Waals surface area contributed by atoms with Crippen molar-refractivity contribution in [2.45, 2.75) is 19.3 Å². The van der Waals surface area contributed by atoms with Crippen molar-refractivity contribution in [2.24, 2.45) is 0 Å². The van der Waals surface area contributed by atoms with Crippen LogP contribution in [0.25, 0.3) is 79.1 Å². The maximum Gasteiger partial charge on any atom is 0.167 e. The molecule has 0 aliphatic carbocycles. The van der Waals surface area contributed by atoms with Gasteiger partial charge in [-0.3, -0.25) is 0 Å². The Balaban J connectivity index is 1.12. The SMILES string of the molecule is CC1(C)c2ccccc2Oc2c(-c3nc(-c4ccccc4)nc(-c4cccc(-c5nc(-c6ccccc6)nc(-c6ccc7ccccc7c6)n5)c4)n3)cccc21. The number of ether oxygens (including phenoxy) is 1. The lowest BCUT2D eigenvalue weighted by molar-refractivity contribution is 0.419. The van der Waals surface area contributed by atoms with E-state index in [-0.39, 0.29) is 5.41 Å². The van der Waals surface area contributed by atoms with Gasteiger partial charge in [-0.25, -0.2) is 29.9 Å². The number of hydrogen-bond acceptors (Lipinski definition) is 7. The highest BCUT2D eigenvalue weighted by Crippen LogP contribution is 2.50. The normalized spacial score (nSPS) is 12.8. The fourth-order valence-corrected chi connectivity index (χ4v) is 7.46. The van der Waals surface area contributed by atoms with Gasteiger partial charge in [-0.15, -0.1) is 0 Å². The Kier molecular flexibility index (Phi) is 7.99. The maximum atomic E-state index is 6.66. The van der Waals surface area contributed by atoms with Crippen LogP contribution in [0.15, 0.2) is 170 Å². The highest BCUT2D eigenvalue weighted by Gasteiger charge is 2.36. The van der Waals surface area contributed by atoms with Crippen molar-refractivity contribution in [1.82, 2.24) is 29.9 Å². The van der Waals surface area contributed by atoms with E-state index in [0.717, 1.165) is 66.8 Å². The first-order valence-electron chi connectivity index (χ1n) is 18.6. The highest BCUT2D eigenvalue weighted by molar-refractivity contribution is 5.87. The molecule has 0 amide bonds. The van der Waals surface area contributed by atoms with E-state index < -0.39 is 0 Å². The van der Waals surface area contributed by atoms with Crippen LogP contribution in [0.2, 0.25) is 0 Å². The van der Waals surface area contributed by atoms with Crippen molar-refractivity contribution in [3.8, 4) is 79.8 Å². The first-order chi connectivity index (χ1) is 27.5. The van der Waals surface area contributed by atoms with Gasteiger partial charge in [0.15, 0.2) is 34.9 Å². The molecule has 0 atom stereocenters. The molecule has 0 saturated carbocycles. The predicted octanol–water partition coefficient (Wildman–Crippen LogP) is 11.6. The number of para-hydroxylation sites is 2. The van der Waals surface area contributed by atoms with Crippen LogP contribution in [0.3, 0.4) is 0 Å². The van der Waals surface area contributed by atoms with Crippen molar-refractivity contribution in [2.75, 3.05) is 0 Å². The molecule has 0 saturated heterocycles. The van der Waals surface area contributed by atoms with Crippen LogP contribution in [0.4, 0.5) is 0 Å². The van der Waals surface area contributed by atoms with E-state index >= 15 is 0 Å². The van der Waals surface area contributed by atoms with Crippen LogP contribution < -0.4 is 4.74 Å². The molecule has 1 aliphatic heterocycles. The maximum absolute atomic E-state index is 6.66. The molecule has 10 rings (SSSR count). The number of aromatic nitrogens is 6. The van der Waals surface area contributed by atoms with E-state index in [0.29, 0.717) is 34.9 Å². The van der Waals surface area contributed by atoms with Crippen LogP contribution >= 0.6 is 0 Å². The van der Waals surface area contributed by atoms with Gasteiger partial charge in [-0.05, 0) is 35.0 Å².